The summed E-state index contributed by atoms with van der Waals surface area (Å²) in [6.07, 6.45) is 3.39. The number of rotatable bonds is 3. The van der Waals surface area contributed by atoms with Gasteiger partial charge in [0.25, 0.3) is 5.91 Å². The van der Waals surface area contributed by atoms with Crippen molar-refractivity contribution in [2.24, 2.45) is 0 Å². The molecule has 0 bridgehead atoms. The van der Waals surface area contributed by atoms with Gasteiger partial charge in [-0.25, -0.2) is 9.97 Å². The Hall–Kier alpha value is -2.96. The van der Waals surface area contributed by atoms with Crippen molar-refractivity contribution in [3.8, 4) is 11.3 Å². The Labute approximate surface area is 146 Å². The standard InChI is InChI=1S/C18H21N5O2/c1-12(24)21-15-3-2-10-23(11-15)17(25)14-6-4-13(5-7-14)16-8-9-20-18(19)22-16/h4-9,15H,2-3,10-11H2,1H3,(H,21,24)(H2,19,20,22). The Kier molecular flexibility index (Phi) is 4.92. The highest BCUT2D eigenvalue weighted by atomic mass is 16.2. The first-order valence-corrected chi connectivity index (χ1v) is 8.28. The number of anilines is 1. The van der Waals surface area contributed by atoms with Crippen LogP contribution in [0.3, 0.4) is 0 Å². The van der Waals surface area contributed by atoms with Gasteiger partial charge >= 0.3 is 0 Å². The molecule has 1 aromatic heterocycles. The van der Waals surface area contributed by atoms with Gasteiger partial charge in [-0.05, 0) is 31.0 Å². The van der Waals surface area contributed by atoms with Crippen molar-refractivity contribution in [3.05, 3.63) is 42.1 Å². The van der Waals surface area contributed by atoms with Crippen molar-refractivity contribution in [1.82, 2.24) is 20.2 Å². The molecule has 1 saturated heterocycles. The molecule has 1 aliphatic heterocycles. The Morgan fingerprint density at radius 3 is 2.68 bits per heavy atom. The van der Waals surface area contributed by atoms with Gasteiger partial charge in [0.15, 0.2) is 0 Å². The SMILES string of the molecule is CC(=O)NC1CCCN(C(=O)c2ccc(-c3ccnc(N)n3)cc2)C1. The van der Waals surface area contributed by atoms with Crippen molar-refractivity contribution in [2.75, 3.05) is 18.8 Å². The van der Waals surface area contributed by atoms with Crippen molar-refractivity contribution in [2.45, 2.75) is 25.8 Å². The second-order valence-corrected chi connectivity index (χ2v) is 6.17. The highest BCUT2D eigenvalue weighted by Crippen LogP contribution is 2.19. The molecule has 7 heteroatoms. The lowest BCUT2D eigenvalue weighted by Crippen LogP contribution is -2.49. The summed E-state index contributed by atoms with van der Waals surface area (Å²) in [6.45, 7) is 2.75. The summed E-state index contributed by atoms with van der Waals surface area (Å²) in [5.41, 5.74) is 7.82. The predicted octanol–water partition coefficient (Wildman–Crippen LogP) is 1.47. The second kappa shape index (κ2) is 7.29. The number of aromatic nitrogens is 2. The highest BCUT2D eigenvalue weighted by Gasteiger charge is 2.24. The normalized spacial score (nSPS) is 17.2. The molecule has 1 fully saturated rings. The fraction of sp³-hybridized carbons (Fsp3) is 0.333. The van der Waals surface area contributed by atoms with Crippen LogP contribution >= 0.6 is 0 Å². The maximum Gasteiger partial charge on any atom is 0.253 e. The van der Waals surface area contributed by atoms with Crippen LogP contribution in [0, 0.1) is 0 Å². The van der Waals surface area contributed by atoms with E-state index in [1.807, 2.05) is 12.1 Å². The molecule has 1 aliphatic rings. The summed E-state index contributed by atoms with van der Waals surface area (Å²) in [7, 11) is 0. The van der Waals surface area contributed by atoms with E-state index in [-0.39, 0.29) is 23.8 Å². The molecule has 2 heterocycles. The number of benzene rings is 1. The largest absolute Gasteiger partial charge is 0.368 e. The minimum absolute atomic E-state index is 0.0243. The van der Waals surface area contributed by atoms with Gasteiger partial charge in [0.2, 0.25) is 11.9 Å². The Balaban J connectivity index is 1.71. The van der Waals surface area contributed by atoms with Crippen LogP contribution < -0.4 is 11.1 Å². The van der Waals surface area contributed by atoms with Gasteiger partial charge in [-0.15, -0.1) is 0 Å². The molecule has 1 unspecified atom stereocenters. The van der Waals surface area contributed by atoms with Gasteiger partial charge in [0, 0.05) is 43.4 Å². The average Bonchev–Trinajstić information content (AvgIpc) is 2.61. The van der Waals surface area contributed by atoms with Crippen LogP contribution in [0.15, 0.2) is 36.5 Å². The van der Waals surface area contributed by atoms with Crippen molar-refractivity contribution in [1.29, 1.82) is 0 Å². The van der Waals surface area contributed by atoms with Gasteiger partial charge in [-0.1, -0.05) is 12.1 Å². The highest BCUT2D eigenvalue weighted by molar-refractivity contribution is 5.94. The van der Waals surface area contributed by atoms with Gasteiger partial charge < -0.3 is 16.0 Å². The minimum Gasteiger partial charge on any atom is -0.368 e. The van der Waals surface area contributed by atoms with E-state index < -0.39 is 0 Å². The molecule has 0 aliphatic carbocycles. The second-order valence-electron chi connectivity index (χ2n) is 6.17. The molecule has 3 N–H and O–H groups in total. The summed E-state index contributed by atoms with van der Waals surface area (Å²) in [6, 6.07) is 9.08. The van der Waals surface area contributed by atoms with Crippen molar-refractivity contribution >= 4 is 17.8 Å². The van der Waals surface area contributed by atoms with E-state index >= 15 is 0 Å². The van der Waals surface area contributed by atoms with Crippen LogP contribution in [0.2, 0.25) is 0 Å². The van der Waals surface area contributed by atoms with E-state index in [9.17, 15) is 9.59 Å². The van der Waals surface area contributed by atoms with Crippen molar-refractivity contribution < 1.29 is 9.59 Å². The Bertz CT molecular complexity index is 775. The molecule has 25 heavy (non-hydrogen) atoms. The third-order valence-corrected chi connectivity index (χ3v) is 4.22. The fourth-order valence-electron chi connectivity index (χ4n) is 3.07. The lowest BCUT2D eigenvalue weighted by atomic mass is 10.0. The first-order valence-electron chi connectivity index (χ1n) is 8.28. The summed E-state index contributed by atoms with van der Waals surface area (Å²) < 4.78 is 0. The molecular weight excluding hydrogens is 318 g/mol. The molecule has 2 amide bonds. The lowest BCUT2D eigenvalue weighted by Gasteiger charge is -2.33. The van der Waals surface area contributed by atoms with E-state index in [0.29, 0.717) is 18.7 Å². The molecular formula is C18H21N5O2. The van der Waals surface area contributed by atoms with Crippen LogP contribution in [-0.2, 0) is 4.79 Å². The van der Waals surface area contributed by atoms with Crippen LogP contribution in [0.1, 0.15) is 30.1 Å². The van der Waals surface area contributed by atoms with E-state index in [2.05, 4.69) is 15.3 Å². The number of nitrogens with zero attached hydrogens (tertiary/aromatic N) is 3. The van der Waals surface area contributed by atoms with Gasteiger partial charge in [0.1, 0.15) is 0 Å². The van der Waals surface area contributed by atoms with E-state index in [1.54, 1.807) is 29.3 Å². The molecule has 0 spiro atoms. The van der Waals surface area contributed by atoms with Crippen LogP contribution in [0.4, 0.5) is 5.95 Å². The number of hydrogen-bond acceptors (Lipinski definition) is 5. The zero-order chi connectivity index (χ0) is 17.8. The number of carbonyl (C=O) groups is 2. The molecule has 0 saturated carbocycles. The topological polar surface area (TPSA) is 101 Å². The third-order valence-electron chi connectivity index (χ3n) is 4.22. The zero-order valence-corrected chi connectivity index (χ0v) is 14.1. The van der Waals surface area contributed by atoms with Crippen LogP contribution in [0.5, 0.6) is 0 Å². The molecule has 130 valence electrons. The molecule has 7 nitrogen and oxygen atoms in total. The van der Waals surface area contributed by atoms with Gasteiger partial charge in [-0.2, -0.15) is 0 Å². The number of nitrogen functional groups attached to an aromatic ring is 1. The summed E-state index contributed by atoms with van der Waals surface area (Å²) in [5.74, 6) is 0.131. The molecule has 3 rings (SSSR count). The maximum absolute atomic E-state index is 12.7. The maximum atomic E-state index is 12.7. The summed E-state index contributed by atoms with van der Waals surface area (Å²) in [4.78, 5) is 33.8. The smallest absolute Gasteiger partial charge is 0.253 e. The van der Waals surface area contributed by atoms with E-state index in [0.717, 1.165) is 24.1 Å². The van der Waals surface area contributed by atoms with E-state index in [1.165, 1.54) is 6.92 Å². The number of hydrogen-bond donors (Lipinski definition) is 2. The third kappa shape index (κ3) is 4.12. The number of carbonyl (C=O) groups excluding carboxylic acids is 2. The summed E-state index contributed by atoms with van der Waals surface area (Å²) >= 11 is 0. The van der Waals surface area contributed by atoms with Crippen LogP contribution in [0.25, 0.3) is 11.3 Å². The monoisotopic (exact) mass is 339 g/mol. The lowest BCUT2D eigenvalue weighted by molar-refractivity contribution is -0.120. The van der Waals surface area contributed by atoms with E-state index in [4.69, 9.17) is 5.73 Å². The number of piperidine rings is 1. The Morgan fingerprint density at radius 1 is 1.24 bits per heavy atom. The number of nitrogens with one attached hydrogen (secondary N) is 1. The first kappa shape index (κ1) is 16.9. The Morgan fingerprint density at radius 2 is 2.00 bits per heavy atom. The van der Waals surface area contributed by atoms with Crippen molar-refractivity contribution in [3.63, 3.8) is 0 Å². The van der Waals surface area contributed by atoms with Crippen LogP contribution in [-0.4, -0.2) is 45.8 Å². The van der Waals surface area contributed by atoms with Gasteiger partial charge in [0.05, 0.1) is 5.69 Å². The molecule has 2 aromatic rings. The number of amides is 2. The average molecular weight is 339 g/mol. The molecule has 1 atom stereocenters. The molecule has 1 aromatic carbocycles. The summed E-state index contributed by atoms with van der Waals surface area (Å²) in [5, 5.41) is 2.90. The molecule has 0 radical (unpaired) electrons. The first-order chi connectivity index (χ1) is 12.0. The number of likely N-dealkylation sites (tertiary alicyclic amines) is 1. The minimum atomic E-state index is -0.0622. The quantitative estimate of drug-likeness (QED) is 0.882. The predicted molar refractivity (Wildman–Crippen MR) is 94.6 cm³/mol. The fourth-order valence-corrected chi connectivity index (χ4v) is 3.07. The van der Waals surface area contributed by atoms with Gasteiger partial charge in [-0.3, -0.25) is 9.59 Å². The zero-order valence-electron chi connectivity index (χ0n) is 14.1. The number of nitrogens with two attached hydrogens (primary N) is 1.